The lowest BCUT2D eigenvalue weighted by molar-refractivity contribution is 0.0656. The van der Waals surface area contributed by atoms with E-state index in [9.17, 15) is 14.7 Å². The highest BCUT2D eigenvalue weighted by molar-refractivity contribution is 9.10. The van der Waals surface area contributed by atoms with E-state index < -0.39 is 0 Å². The topological polar surface area (TPSA) is 57.6 Å². The van der Waals surface area contributed by atoms with Gasteiger partial charge in [-0.05, 0) is 52.2 Å². The summed E-state index contributed by atoms with van der Waals surface area (Å²) in [5, 5.41) is 9.25. The summed E-state index contributed by atoms with van der Waals surface area (Å²) >= 11 is 3.32. The molecule has 1 heterocycles. The van der Waals surface area contributed by atoms with Crippen molar-refractivity contribution in [2.24, 2.45) is 0 Å². The average Bonchev–Trinajstić information content (AvgIpc) is 2.72. The van der Waals surface area contributed by atoms with Crippen molar-refractivity contribution in [3.63, 3.8) is 0 Å². The third-order valence-electron chi connectivity index (χ3n) is 3.51. The molecule has 0 saturated carbocycles. The molecule has 106 valence electrons. The predicted molar refractivity (Wildman–Crippen MR) is 81.3 cm³/mol. The zero-order valence-electron chi connectivity index (χ0n) is 11.0. The zero-order chi connectivity index (χ0) is 15.0. The van der Waals surface area contributed by atoms with Crippen LogP contribution in [0, 0.1) is 0 Å². The van der Waals surface area contributed by atoms with E-state index in [1.807, 2.05) is 0 Å². The van der Waals surface area contributed by atoms with Gasteiger partial charge in [-0.15, -0.1) is 0 Å². The molecule has 0 aliphatic carbocycles. The van der Waals surface area contributed by atoms with Crippen molar-refractivity contribution >= 4 is 27.7 Å². The minimum Gasteiger partial charge on any atom is -0.508 e. The van der Waals surface area contributed by atoms with Crippen LogP contribution < -0.4 is 0 Å². The van der Waals surface area contributed by atoms with Crippen LogP contribution in [0.3, 0.4) is 0 Å². The van der Waals surface area contributed by atoms with Gasteiger partial charge in [-0.25, -0.2) is 0 Å². The molecule has 0 fully saturated rings. The molecule has 0 saturated heterocycles. The maximum Gasteiger partial charge on any atom is 0.262 e. The number of hydrogen-bond donors (Lipinski definition) is 1. The Bertz CT molecular complexity index is 725. The minimum absolute atomic E-state index is 0.198. The number of imide groups is 1. The van der Waals surface area contributed by atoms with E-state index in [0.717, 1.165) is 5.56 Å². The molecule has 0 bridgehead atoms. The van der Waals surface area contributed by atoms with Crippen LogP contribution in [0.2, 0.25) is 0 Å². The number of fused-ring (bicyclic) bond motifs is 1. The zero-order valence-corrected chi connectivity index (χ0v) is 12.6. The average molecular weight is 346 g/mol. The number of hydrogen-bond acceptors (Lipinski definition) is 3. The smallest absolute Gasteiger partial charge is 0.262 e. The van der Waals surface area contributed by atoms with E-state index in [-0.39, 0.29) is 17.6 Å². The first-order valence-electron chi connectivity index (χ1n) is 6.50. The van der Waals surface area contributed by atoms with Gasteiger partial charge in [0, 0.05) is 11.0 Å². The summed E-state index contributed by atoms with van der Waals surface area (Å²) in [6, 6.07) is 11.9. The second-order valence-electron chi connectivity index (χ2n) is 4.84. The molecule has 21 heavy (non-hydrogen) atoms. The fourth-order valence-electron chi connectivity index (χ4n) is 2.40. The number of carbonyl (C=O) groups excluding carboxylic acids is 2. The van der Waals surface area contributed by atoms with E-state index in [0.29, 0.717) is 28.6 Å². The van der Waals surface area contributed by atoms with Crippen LogP contribution in [-0.4, -0.2) is 28.4 Å². The number of rotatable bonds is 3. The van der Waals surface area contributed by atoms with E-state index in [4.69, 9.17) is 0 Å². The highest BCUT2D eigenvalue weighted by Crippen LogP contribution is 2.29. The van der Waals surface area contributed by atoms with Gasteiger partial charge in [-0.2, -0.15) is 0 Å². The molecule has 1 aliphatic heterocycles. The number of amides is 2. The number of phenolic OH excluding ortho intramolecular Hbond substituents is 1. The molecule has 0 aromatic heterocycles. The van der Waals surface area contributed by atoms with Gasteiger partial charge >= 0.3 is 0 Å². The Kier molecular flexibility index (Phi) is 3.51. The lowest BCUT2D eigenvalue weighted by atomic mass is 10.1. The van der Waals surface area contributed by atoms with Crippen LogP contribution in [0.15, 0.2) is 46.9 Å². The molecule has 2 aromatic carbocycles. The first kappa shape index (κ1) is 13.8. The second kappa shape index (κ2) is 5.33. The third-order valence-corrected chi connectivity index (χ3v) is 4.17. The standard InChI is InChI=1S/C16H12BrNO3/c17-13-3-1-2-12-14(13)16(21)18(15(12)20)9-8-10-4-6-11(19)7-5-10/h1-7,19H,8-9H2. The van der Waals surface area contributed by atoms with E-state index >= 15 is 0 Å². The van der Waals surface area contributed by atoms with Gasteiger partial charge in [0.2, 0.25) is 0 Å². The van der Waals surface area contributed by atoms with Crippen molar-refractivity contribution in [1.82, 2.24) is 4.90 Å². The summed E-state index contributed by atoms with van der Waals surface area (Å²) in [6.45, 7) is 0.323. The Hall–Kier alpha value is -2.14. The third kappa shape index (κ3) is 2.45. The van der Waals surface area contributed by atoms with Gasteiger partial charge in [0.1, 0.15) is 5.75 Å². The van der Waals surface area contributed by atoms with Crippen molar-refractivity contribution < 1.29 is 14.7 Å². The lowest BCUT2D eigenvalue weighted by Crippen LogP contribution is -2.31. The Morgan fingerprint density at radius 3 is 2.38 bits per heavy atom. The predicted octanol–water partition coefficient (Wildman–Crippen LogP) is 2.99. The molecule has 2 amide bonds. The molecular weight excluding hydrogens is 334 g/mol. The van der Waals surface area contributed by atoms with Crippen molar-refractivity contribution in [3.8, 4) is 5.75 Å². The van der Waals surface area contributed by atoms with Gasteiger partial charge in [0.05, 0.1) is 11.1 Å². The van der Waals surface area contributed by atoms with Gasteiger partial charge in [-0.1, -0.05) is 18.2 Å². The number of nitrogens with zero attached hydrogens (tertiary/aromatic N) is 1. The maximum atomic E-state index is 12.3. The highest BCUT2D eigenvalue weighted by Gasteiger charge is 2.36. The molecular formula is C16H12BrNO3. The molecule has 0 unspecified atom stereocenters. The first-order chi connectivity index (χ1) is 10.1. The molecule has 1 aliphatic rings. The van der Waals surface area contributed by atoms with Crippen LogP contribution in [0.25, 0.3) is 0 Å². The Morgan fingerprint density at radius 1 is 1.00 bits per heavy atom. The minimum atomic E-state index is -0.263. The molecule has 0 atom stereocenters. The van der Waals surface area contributed by atoms with Gasteiger partial charge in [0.15, 0.2) is 0 Å². The van der Waals surface area contributed by atoms with Crippen LogP contribution in [0.5, 0.6) is 5.75 Å². The number of benzene rings is 2. The van der Waals surface area contributed by atoms with E-state index in [1.54, 1.807) is 42.5 Å². The fourth-order valence-corrected chi connectivity index (χ4v) is 2.93. The summed E-state index contributed by atoms with van der Waals surface area (Å²) in [5.74, 6) is -0.320. The molecule has 4 nitrogen and oxygen atoms in total. The highest BCUT2D eigenvalue weighted by atomic mass is 79.9. The Balaban J connectivity index is 1.79. The van der Waals surface area contributed by atoms with Crippen molar-refractivity contribution in [2.75, 3.05) is 6.54 Å². The van der Waals surface area contributed by atoms with Crippen LogP contribution >= 0.6 is 15.9 Å². The summed E-state index contributed by atoms with van der Waals surface area (Å²) in [4.78, 5) is 25.9. The maximum absolute atomic E-state index is 12.3. The number of carbonyl (C=O) groups is 2. The van der Waals surface area contributed by atoms with Crippen molar-refractivity contribution in [2.45, 2.75) is 6.42 Å². The van der Waals surface area contributed by atoms with Gasteiger partial charge in [-0.3, -0.25) is 14.5 Å². The van der Waals surface area contributed by atoms with Crippen LogP contribution in [-0.2, 0) is 6.42 Å². The van der Waals surface area contributed by atoms with Crippen molar-refractivity contribution in [1.29, 1.82) is 0 Å². The normalized spacial score (nSPS) is 13.7. The lowest BCUT2D eigenvalue weighted by Gasteiger charge is -2.13. The van der Waals surface area contributed by atoms with Crippen LogP contribution in [0.1, 0.15) is 26.3 Å². The molecule has 0 radical (unpaired) electrons. The summed E-state index contributed by atoms with van der Waals surface area (Å²) in [6.07, 6.45) is 0.559. The molecule has 0 spiro atoms. The van der Waals surface area contributed by atoms with Crippen molar-refractivity contribution in [3.05, 3.63) is 63.6 Å². The molecule has 5 heteroatoms. The quantitative estimate of drug-likeness (QED) is 0.870. The van der Waals surface area contributed by atoms with E-state index in [2.05, 4.69) is 15.9 Å². The van der Waals surface area contributed by atoms with E-state index in [1.165, 1.54) is 4.90 Å². The van der Waals surface area contributed by atoms with Crippen LogP contribution in [0.4, 0.5) is 0 Å². The SMILES string of the molecule is O=C1c2cccc(Br)c2C(=O)N1CCc1ccc(O)cc1. The largest absolute Gasteiger partial charge is 0.508 e. The summed E-state index contributed by atoms with van der Waals surface area (Å²) in [5.41, 5.74) is 1.84. The number of phenols is 1. The Morgan fingerprint density at radius 2 is 1.71 bits per heavy atom. The Labute approximate surface area is 130 Å². The monoisotopic (exact) mass is 345 g/mol. The van der Waals surface area contributed by atoms with Gasteiger partial charge in [0.25, 0.3) is 11.8 Å². The molecule has 3 rings (SSSR count). The molecule has 1 N–H and O–H groups in total. The van der Waals surface area contributed by atoms with Gasteiger partial charge < -0.3 is 5.11 Å². The number of aromatic hydroxyl groups is 1. The summed E-state index contributed by atoms with van der Waals surface area (Å²) < 4.78 is 0.644. The molecule has 2 aromatic rings. The second-order valence-corrected chi connectivity index (χ2v) is 5.70. The fraction of sp³-hybridized carbons (Fsp3) is 0.125. The first-order valence-corrected chi connectivity index (χ1v) is 7.30. The summed E-state index contributed by atoms with van der Waals surface area (Å²) in [7, 11) is 0. The number of halogens is 1.